The SMILES string of the molecule is COC(=O)C[NH2+][C@H](c1ccccc1)c1cc(Br)ccc1NC(=O)CCNC(=O)OCc1ccccc1. The number of ether oxygens (including phenoxy) is 2. The van der Waals surface area contributed by atoms with Crippen LogP contribution in [-0.2, 0) is 25.7 Å². The van der Waals surface area contributed by atoms with Crippen molar-refractivity contribution in [2.24, 2.45) is 0 Å². The zero-order chi connectivity index (χ0) is 25.8. The highest BCUT2D eigenvalue weighted by molar-refractivity contribution is 9.10. The molecule has 2 amide bonds. The lowest BCUT2D eigenvalue weighted by atomic mass is 9.97. The van der Waals surface area contributed by atoms with Crippen LogP contribution >= 0.6 is 15.9 Å². The van der Waals surface area contributed by atoms with E-state index < -0.39 is 6.09 Å². The van der Waals surface area contributed by atoms with Gasteiger partial charge in [0.15, 0.2) is 6.54 Å². The Kier molecular flexibility index (Phi) is 10.5. The van der Waals surface area contributed by atoms with Crippen LogP contribution in [0.25, 0.3) is 0 Å². The molecule has 0 heterocycles. The number of alkyl carbamates (subject to hydrolysis) is 1. The van der Waals surface area contributed by atoms with Gasteiger partial charge < -0.3 is 25.4 Å². The average molecular weight is 555 g/mol. The van der Waals surface area contributed by atoms with Crippen molar-refractivity contribution in [3.05, 3.63) is 100 Å². The van der Waals surface area contributed by atoms with Gasteiger partial charge in [-0.2, -0.15) is 0 Å². The number of benzene rings is 3. The van der Waals surface area contributed by atoms with Gasteiger partial charge in [0.25, 0.3) is 0 Å². The number of carbonyl (C=O) groups excluding carboxylic acids is 3. The first-order valence-electron chi connectivity index (χ1n) is 11.4. The zero-order valence-corrected chi connectivity index (χ0v) is 21.5. The highest BCUT2D eigenvalue weighted by Crippen LogP contribution is 2.29. The van der Waals surface area contributed by atoms with Crippen molar-refractivity contribution in [2.75, 3.05) is 25.5 Å². The Balaban J connectivity index is 1.62. The summed E-state index contributed by atoms with van der Waals surface area (Å²) < 4.78 is 10.8. The second kappa shape index (κ2) is 14.0. The van der Waals surface area contributed by atoms with Crippen molar-refractivity contribution >= 4 is 39.6 Å². The van der Waals surface area contributed by atoms with E-state index in [1.807, 2.05) is 78.1 Å². The summed E-state index contributed by atoms with van der Waals surface area (Å²) in [6, 6.07) is 24.3. The molecule has 0 aliphatic heterocycles. The molecule has 188 valence electrons. The van der Waals surface area contributed by atoms with Gasteiger partial charge in [-0.05, 0) is 23.8 Å². The minimum atomic E-state index is -0.586. The van der Waals surface area contributed by atoms with E-state index in [9.17, 15) is 14.4 Å². The lowest BCUT2D eigenvalue weighted by molar-refractivity contribution is -0.677. The number of nitrogens with two attached hydrogens (primary N) is 1. The molecule has 4 N–H and O–H groups in total. The van der Waals surface area contributed by atoms with Gasteiger partial charge >= 0.3 is 12.1 Å². The van der Waals surface area contributed by atoms with E-state index >= 15 is 0 Å². The molecule has 9 heteroatoms. The maximum Gasteiger partial charge on any atom is 0.407 e. The number of rotatable bonds is 11. The summed E-state index contributed by atoms with van der Waals surface area (Å²) in [5.74, 6) is -0.608. The number of hydrogen-bond donors (Lipinski definition) is 3. The number of carbonyl (C=O) groups is 3. The average Bonchev–Trinajstić information content (AvgIpc) is 2.90. The van der Waals surface area contributed by atoms with E-state index in [0.717, 1.165) is 21.2 Å². The number of halogens is 1. The molecule has 0 radical (unpaired) electrons. The molecule has 0 aromatic heterocycles. The Morgan fingerprint density at radius 2 is 1.67 bits per heavy atom. The van der Waals surface area contributed by atoms with Crippen LogP contribution in [0.1, 0.15) is 29.2 Å². The molecule has 0 aliphatic carbocycles. The first-order valence-corrected chi connectivity index (χ1v) is 12.2. The molecule has 8 nitrogen and oxygen atoms in total. The van der Waals surface area contributed by atoms with Gasteiger partial charge in [-0.1, -0.05) is 76.6 Å². The number of hydrogen-bond acceptors (Lipinski definition) is 5. The lowest BCUT2D eigenvalue weighted by Gasteiger charge is -2.20. The van der Waals surface area contributed by atoms with Crippen LogP contribution in [0, 0.1) is 0 Å². The van der Waals surface area contributed by atoms with Crippen LogP contribution in [0.15, 0.2) is 83.3 Å². The van der Waals surface area contributed by atoms with Crippen molar-refractivity contribution in [1.82, 2.24) is 5.32 Å². The minimum Gasteiger partial charge on any atom is -0.465 e. The third-order valence-corrected chi connectivity index (χ3v) is 5.86. The first-order chi connectivity index (χ1) is 17.5. The maximum atomic E-state index is 12.7. The van der Waals surface area contributed by atoms with Crippen molar-refractivity contribution in [2.45, 2.75) is 19.1 Å². The van der Waals surface area contributed by atoms with E-state index in [4.69, 9.17) is 9.47 Å². The van der Waals surface area contributed by atoms with Gasteiger partial charge in [0.2, 0.25) is 5.91 Å². The molecule has 0 aliphatic rings. The van der Waals surface area contributed by atoms with E-state index in [1.165, 1.54) is 7.11 Å². The van der Waals surface area contributed by atoms with Crippen LogP contribution in [0.3, 0.4) is 0 Å². The van der Waals surface area contributed by atoms with Crippen LogP contribution in [0.5, 0.6) is 0 Å². The standard InChI is InChI=1S/C27H28BrN3O5/c1-35-25(33)17-30-26(20-10-6-3-7-11-20)22-16-21(28)12-13-23(22)31-24(32)14-15-29-27(34)36-18-19-8-4-2-5-9-19/h2-13,16,26,30H,14-15,17-18H2,1H3,(H,29,34)(H,31,32)/p+1/t26-/m1/s1. The second-order valence-corrected chi connectivity index (χ2v) is 8.84. The molecule has 0 saturated carbocycles. The Labute approximate surface area is 218 Å². The van der Waals surface area contributed by atoms with Gasteiger partial charge in [-0.15, -0.1) is 0 Å². The molecule has 0 bridgehead atoms. The molecule has 36 heavy (non-hydrogen) atoms. The topological polar surface area (TPSA) is 110 Å². The molecule has 0 saturated heterocycles. The van der Waals surface area contributed by atoms with Crippen molar-refractivity contribution in [3.63, 3.8) is 0 Å². The van der Waals surface area contributed by atoms with Crippen LogP contribution in [0.2, 0.25) is 0 Å². The second-order valence-electron chi connectivity index (χ2n) is 7.92. The summed E-state index contributed by atoms with van der Waals surface area (Å²) in [5.41, 5.74) is 3.29. The number of quaternary nitrogens is 1. The van der Waals surface area contributed by atoms with Crippen LogP contribution in [-0.4, -0.2) is 38.2 Å². The molecular formula is C27H29BrN3O5+. The molecule has 0 spiro atoms. The van der Waals surface area contributed by atoms with Gasteiger partial charge in [0.05, 0.1) is 12.8 Å². The fourth-order valence-electron chi connectivity index (χ4n) is 3.57. The number of amides is 2. The monoisotopic (exact) mass is 554 g/mol. The van der Waals surface area contributed by atoms with E-state index in [-0.39, 0.29) is 44.0 Å². The van der Waals surface area contributed by atoms with Gasteiger partial charge in [-0.25, -0.2) is 9.59 Å². The Morgan fingerprint density at radius 1 is 0.972 bits per heavy atom. The predicted octanol–water partition coefficient (Wildman–Crippen LogP) is 3.53. The quantitative estimate of drug-likeness (QED) is 0.314. The Hall–Kier alpha value is -3.69. The van der Waals surface area contributed by atoms with Crippen molar-refractivity contribution in [3.8, 4) is 0 Å². The summed E-state index contributed by atoms with van der Waals surface area (Å²) in [5, 5.41) is 7.39. The molecule has 1 atom stereocenters. The molecule has 0 unspecified atom stereocenters. The fourth-order valence-corrected chi connectivity index (χ4v) is 3.95. The van der Waals surface area contributed by atoms with E-state index in [2.05, 4.69) is 26.6 Å². The largest absolute Gasteiger partial charge is 0.465 e. The normalized spacial score (nSPS) is 11.3. The summed E-state index contributed by atoms with van der Waals surface area (Å²) in [4.78, 5) is 36.4. The van der Waals surface area contributed by atoms with Crippen LogP contribution in [0.4, 0.5) is 10.5 Å². The number of nitrogens with one attached hydrogen (secondary N) is 2. The van der Waals surface area contributed by atoms with E-state index in [1.54, 1.807) is 6.07 Å². The van der Waals surface area contributed by atoms with Gasteiger partial charge in [-0.3, -0.25) is 4.79 Å². The highest BCUT2D eigenvalue weighted by Gasteiger charge is 2.23. The zero-order valence-electron chi connectivity index (χ0n) is 19.9. The minimum absolute atomic E-state index is 0.0673. The smallest absolute Gasteiger partial charge is 0.407 e. The third-order valence-electron chi connectivity index (χ3n) is 5.36. The highest BCUT2D eigenvalue weighted by atomic mass is 79.9. The number of esters is 1. The number of methoxy groups -OCH3 is 1. The number of anilines is 1. The summed E-state index contributed by atoms with van der Waals surface area (Å²) in [6.45, 7) is 0.400. The van der Waals surface area contributed by atoms with Crippen molar-refractivity contribution < 1.29 is 29.2 Å². The summed E-state index contributed by atoms with van der Waals surface area (Å²) in [7, 11) is 1.35. The fraction of sp³-hybridized carbons (Fsp3) is 0.222. The molecule has 3 aromatic rings. The van der Waals surface area contributed by atoms with Crippen molar-refractivity contribution in [1.29, 1.82) is 0 Å². The molecule has 3 aromatic carbocycles. The summed E-state index contributed by atoms with van der Waals surface area (Å²) in [6.07, 6.45) is -0.518. The van der Waals surface area contributed by atoms with Crippen LogP contribution < -0.4 is 16.0 Å². The maximum absolute atomic E-state index is 12.7. The molecular weight excluding hydrogens is 526 g/mol. The third kappa shape index (κ3) is 8.51. The summed E-state index contributed by atoms with van der Waals surface area (Å²) >= 11 is 3.51. The molecule has 3 rings (SSSR count). The first kappa shape index (κ1) is 26.9. The van der Waals surface area contributed by atoms with Gasteiger partial charge in [0, 0.05) is 28.6 Å². The van der Waals surface area contributed by atoms with Gasteiger partial charge in [0.1, 0.15) is 12.6 Å². The predicted molar refractivity (Wildman–Crippen MR) is 139 cm³/mol. The molecule has 0 fully saturated rings. The van der Waals surface area contributed by atoms with E-state index in [0.29, 0.717) is 5.69 Å². The lowest BCUT2D eigenvalue weighted by Crippen LogP contribution is -2.87. The Bertz CT molecular complexity index is 1160. The Morgan fingerprint density at radius 3 is 2.36 bits per heavy atom.